The van der Waals surface area contributed by atoms with Crippen molar-refractivity contribution in [1.82, 2.24) is 10.6 Å². The molecule has 1 heterocycles. The van der Waals surface area contributed by atoms with Crippen LogP contribution in [0.4, 0.5) is 4.79 Å². The average Bonchev–Trinajstić information content (AvgIpc) is 2.46. The van der Waals surface area contributed by atoms with Crippen LogP contribution < -0.4 is 21.0 Å². The number of hydrogen-bond donors (Lipinski definition) is 6. The quantitative estimate of drug-likeness (QED) is 0.277. The molecular formula is C13H18BN3O6. The van der Waals surface area contributed by atoms with Gasteiger partial charge in [0.25, 0.3) is 0 Å². The molecule has 10 heteroatoms. The number of fused-ring (bicyclic) bond motifs is 1. The fourth-order valence-corrected chi connectivity index (χ4v) is 2.35. The molecule has 3 amide bonds. The van der Waals surface area contributed by atoms with Crippen LogP contribution in [-0.2, 0) is 11.2 Å². The third-order valence-corrected chi connectivity index (χ3v) is 3.43. The lowest BCUT2D eigenvalue weighted by Crippen LogP contribution is -2.53. The lowest BCUT2D eigenvalue weighted by Gasteiger charge is -2.29. The average molecular weight is 323 g/mol. The number of para-hydroxylation sites is 1. The van der Waals surface area contributed by atoms with E-state index in [-0.39, 0.29) is 36.6 Å². The lowest BCUT2D eigenvalue weighted by molar-refractivity contribution is -0.121. The van der Waals surface area contributed by atoms with E-state index in [0.29, 0.717) is 5.56 Å². The number of rotatable bonds is 5. The number of aliphatic hydroxyl groups is 2. The number of amides is 3. The van der Waals surface area contributed by atoms with Gasteiger partial charge in [0, 0.05) is 18.5 Å². The summed E-state index contributed by atoms with van der Waals surface area (Å²) in [6.45, 7) is 0.0856. The zero-order chi connectivity index (χ0) is 17.0. The molecule has 1 aliphatic rings. The van der Waals surface area contributed by atoms with Crippen molar-refractivity contribution >= 4 is 19.1 Å². The van der Waals surface area contributed by atoms with Crippen LogP contribution in [0, 0.1) is 0 Å². The molecule has 7 N–H and O–H groups in total. The minimum absolute atomic E-state index is 0.00834. The Morgan fingerprint density at radius 2 is 2.17 bits per heavy atom. The van der Waals surface area contributed by atoms with Crippen LogP contribution in [0.2, 0.25) is 0 Å². The summed E-state index contributed by atoms with van der Waals surface area (Å²) in [4.78, 5) is 22.3. The molecule has 124 valence electrons. The van der Waals surface area contributed by atoms with Gasteiger partial charge < -0.3 is 36.3 Å². The van der Waals surface area contributed by atoms with Crippen molar-refractivity contribution in [3.8, 4) is 5.75 Å². The monoisotopic (exact) mass is 323 g/mol. The highest BCUT2D eigenvalue weighted by molar-refractivity contribution is 6.46. The van der Waals surface area contributed by atoms with Gasteiger partial charge in [0.15, 0.2) is 6.29 Å². The molecule has 0 saturated carbocycles. The van der Waals surface area contributed by atoms with Crippen LogP contribution in [0.5, 0.6) is 5.75 Å². The molecule has 0 unspecified atom stereocenters. The molecule has 9 nitrogen and oxygen atoms in total. The zero-order valence-corrected chi connectivity index (χ0v) is 12.2. The Morgan fingerprint density at radius 3 is 2.83 bits per heavy atom. The first-order chi connectivity index (χ1) is 10.9. The number of hydrogen-bond acceptors (Lipinski definition) is 6. The predicted molar refractivity (Wildman–Crippen MR) is 80.1 cm³/mol. The van der Waals surface area contributed by atoms with Crippen LogP contribution in [0.3, 0.4) is 0 Å². The number of urea groups is 1. The first-order valence-electron chi connectivity index (χ1n) is 7.03. The van der Waals surface area contributed by atoms with E-state index in [4.69, 9.17) is 10.4 Å². The molecular weight excluding hydrogens is 305 g/mol. The second-order valence-electron chi connectivity index (χ2n) is 5.14. The van der Waals surface area contributed by atoms with Crippen molar-refractivity contribution in [3.05, 3.63) is 29.3 Å². The summed E-state index contributed by atoms with van der Waals surface area (Å²) in [5.41, 5.74) is 5.68. The van der Waals surface area contributed by atoms with E-state index in [1.165, 1.54) is 6.07 Å². The maximum atomic E-state index is 11.8. The van der Waals surface area contributed by atoms with Crippen molar-refractivity contribution in [2.24, 2.45) is 5.73 Å². The van der Waals surface area contributed by atoms with Crippen molar-refractivity contribution in [2.45, 2.75) is 25.1 Å². The van der Waals surface area contributed by atoms with E-state index in [2.05, 4.69) is 10.6 Å². The molecule has 0 spiro atoms. The molecule has 0 saturated heterocycles. The van der Waals surface area contributed by atoms with Gasteiger partial charge in [-0.2, -0.15) is 0 Å². The highest BCUT2D eigenvalue weighted by Gasteiger charge is 2.37. The second-order valence-corrected chi connectivity index (χ2v) is 5.14. The standard InChI is InChI=1S/C13H18BN3O6/c15-13(21)16-5-4-10(18)17-9-6-7-2-1-3-8(12(19)20)11(7)23-14(9)22/h1-3,9,12,19-20,22H,4-6H2,(H,17,18)(H3,15,16,21)/t9-/m0/s1. The molecule has 0 bridgehead atoms. The van der Waals surface area contributed by atoms with Gasteiger partial charge >= 0.3 is 13.1 Å². The number of nitrogens with one attached hydrogen (secondary N) is 2. The number of nitrogens with two attached hydrogens (primary N) is 1. The SMILES string of the molecule is NC(=O)NCCC(=O)N[C@H]1Cc2cccc(C(O)O)c2OB1O. The molecule has 0 radical (unpaired) electrons. The van der Waals surface area contributed by atoms with Crippen LogP contribution in [0.15, 0.2) is 18.2 Å². The third-order valence-electron chi connectivity index (χ3n) is 3.43. The molecule has 0 aliphatic carbocycles. The summed E-state index contributed by atoms with van der Waals surface area (Å²) in [5.74, 6) is -0.862. The van der Waals surface area contributed by atoms with E-state index in [9.17, 15) is 24.8 Å². The molecule has 2 rings (SSSR count). The molecule has 0 aromatic heterocycles. The van der Waals surface area contributed by atoms with E-state index in [1.54, 1.807) is 12.1 Å². The van der Waals surface area contributed by atoms with Crippen LogP contribution in [-0.4, -0.2) is 46.8 Å². The lowest BCUT2D eigenvalue weighted by atomic mass is 9.72. The number of carbonyl (C=O) groups excluding carboxylic acids is 2. The van der Waals surface area contributed by atoms with E-state index in [0.717, 1.165) is 0 Å². The van der Waals surface area contributed by atoms with E-state index < -0.39 is 25.4 Å². The Labute approximate surface area is 132 Å². The smallest absolute Gasteiger partial charge is 0.534 e. The van der Waals surface area contributed by atoms with Crippen molar-refractivity contribution < 1.29 is 29.5 Å². The third kappa shape index (κ3) is 4.34. The molecule has 0 fully saturated rings. The van der Waals surface area contributed by atoms with Crippen LogP contribution in [0.25, 0.3) is 0 Å². The van der Waals surface area contributed by atoms with Crippen molar-refractivity contribution in [3.63, 3.8) is 0 Å². The molecule has 23 heavy (non-hydrogen) atoms. The molecule has 1 aromatic rings. The first kappa shape index (κ1) is 17.1. The van der Waals surface area contributed by atoms with Gasteiger partial charge in [-0.25, -0.2) is 4.79 Å². The topological polar surface area (TPSA) is 154 Å². The summed E-state index contributed by atoms with van der Waals surface area (Å²) in [6, 6.07) is 4.10. The number of carbonyl (C=O) groups is 2. The maximum Gasteiger partial charge on any atom is 0.547 e. The summed E-state index contributed by atoms with van der Waals surface area (Å²) in [5, 5.41) is 33.5. The van der Waals surface area contributed by atoms with Gasteiger partial charge in [0.05, 0.1) is 5.94 Å². The molecule has 1 aromatic carbocycles. The number of primary amides is 1. The van der Waals surface area contributed by atoms with Gasteiger partial charge in [0.1, 0.15) is 5.75 Å². The van der Waals surface area contributed by atoms with Gasteiger partial charge in [0.2, 0.25) is 5.91 Å². The first-order valence-corrected chi connectivity index (χ1v) is 7.03. The Balaban J connectivity index is 2.00. The largest absolute Gasteiger partial charge is 0.547 e. The van der Waals surface area contributed by atoms with E-state index >= 15 is 0 Å². The number of benzene rings is 1. The van der Waals surface area contributed by atoms with Crippen molar-refractivity contribution in [2.75, 3.05) is 6.54 Å². The normalized spacial score (nSPS) is 16.5. The second kappa shape index (κ2) is 7.31. The fraction of sp³-hybridized carbons (Fsp3) is 0.385. The Bertz CT molecular complexity index is 597. The van der Waals surface area contributed by atoms with Gasteiger partial charge in [-0.15, -0.1) is 0 Å². The number of aliphatic hydroxyl groups excluding tert-OH is 1. The molecule has 1 atom stereocenters. The Morgan fingerprint density at radius 1 is 1.43 bits per heavy atom. The highest BCUT2D eigenvalue weighted by Crippen LogP contribution is 2.32. The highest BCUT2D eigenvalue weighted by atomic mass is 16.5. The minimum Gasteiger partial charge on any atom is -0.534 e. The Hall–Kier alpha value is -2.30. The summed E-state index contributed by atoms with van der Waals surface area (Å²) >= 11 is 0. The summed E-state index contributed by atoms with van der Waals surface area (Å²) in [7, 11) is -1.32. The van der Waals surface area contributed by atoms with E-state index in [1.807, 2.05) is 0 Å². The predicted octanol–water partition coefficient (Wildman–Crippen LogP) is -1.83. The summed E-state index contributed by atoms with van der Waals surface area (Å²) < 4.78 is 5.31. The minimum atomic E-state index is -1.72. The molecule has 1 aliphatic heterocycles. The zero-order valence-electron chi connectivity index (χ0n) is 12.2. The van der Waals surface area contributed by atoms with Gasteiger partial charge in [-0.1, -0.05) is 18.2 Å². The van der Waals surface area contributed by atoms with Gasteiger partial charge in [-0.05, 0) is 12.0 Å². The van der Waals surface area contributed by atoms with Crippen LogP contribution in [0.1, 0.15) is 23.8 Å². The van der Waals surface area contributed by atoms with Crippen LogP contribution >= 0.6 is 0 Å². The maximum absolute atomic E-state index is 11.8. The van der Waals surface area contributed by atoms with Crippen molar-refractivity contribution in [1.29, 1.82) is 0 Å². The Kier molecular flexibility index (Phi) is 5.43. The summed E-state index contributed by atoms with van der Waals surface area (Å²) in [6.07, 6.45) is -1.44. The fourth-order valence-electron chi connectivity index (χ4n) is 2.35. The van der Waals surface area contributed by atoms with Gasteiger partial charge in [-0.3, -0.25) is 4.79 Å².